The molecule has 1 N–H and O–H groups in total. The van der Waals surface area contributed by atoms with Crippen LogP contribution in [0.2, 0.25) is 0 Å². The molecular formula is C20H19FN2O. The summed E-state index contributed by atoms with van der Waals surface area (Å²) in [5, 5.41) is 3.31. The minimum Gasteiger partial charge on any atom is -0.380 e. The molecular weight excluding hydrogens is 303 g/mol. The van der Waals surface area contributed by atoms with Gasteiger partial charge in [0.1, 0.15) is 5.82 Å². The third kappa shape index (κ3) is 3.75. The fourth-order valence-corrected chi connectivity index (χ4v) is 3.02. The maximum Gasteiger partial charge on any atom is 0.253 e. The zero-order valence-corrected chi connectivity index (χ0v) is 13.3. The first-order valence-electron chi connectivity index (χ1n) is 8.04. The molecule has 122 valence electrons. The van der Waals surface area contributed by atoms with Crippen molar-refractivity contribution in [1.82, 2.24) is 4.90 Å². The van der Waals surface area contributed by atoms with Crippen LogP contribution in [-0.4, -0.2) is 29.9 Å². The van der Waals surface area contributed by atoms with Crippen molar-refractivity contribution in [3.63, 3.8) is 0 Å². The van der Waals surface area contributed by atoms with E-state index in [4.69, 9.17) is 6.42 Å². The fourth-order valence-electron chi connectivity index (χ4n) is 3.02. The maximum atomic E-state index is 13.3. The number of nitrogens with zero attached hydrogens (tertiary/aromatic N) is 1. The smallest absolute Gasteiger partial charge is 0.253 e. The van der Waals surface area contributed by atoms with E-state index >= 15 is 0 Å². The van der Waals surface area contributed by atoms with Crippen LogP contribution in [0.5, 0.6) is 0 Å². The second-order valence-electron chi connectivity index (χ2n) is 5.97. The molecule has 4 heteroatoms. The van der Waals surface area contributed by atoms with Gasteiger partial charge in [0.05, 0.1) is 0 Å². The fraction of sp³-hybridized carbons (Fsp3) is 0.250. The standard InChI is InChI=1S/C20H19FN2O/c1-2-15-6-3-7-16(12-15)20(24)23-11-5-10-19(14-23)22-18-9-4-8-17(21)13-18/h1,3-4,6-9,12-13,19,22H,5,10-11,14H2/t19-/m0/s1. The van der Waals surface area contributed by atoms with Crippen LogP contribution in [0.1, 0.15) is 28.8 Å². The highest BCUT2D eigenvalue weighted by Gasteiger charge is 2.24. The first-order chi connectivity index (χ1) is 11.7. The molecule has 1 amide bonds. The minimum atomic E-state index is -0.269. The molecule has 0 aromatic heterocycles. The molecule has 24 heavy (non-hydrogen) atoms. The van der Waals surface area contributed by atoms with Crippen molar-refractivity contribution in [2.45, 2.75) is 18.9 Å². The predicted octanol–water partition coefficient (Wildman–Crippen LogP) is 3.52. The Morgan fingerprint density at radius 1 is 1.25 bits per heavy atom. The lowest BCUT2D eigenvalue weighted by Gasteiger charge is -2.33. The van der Waals surface area contributed by atoms with Crippen molar-refractivity contribution in [3.8, 4) is 12.3 Å². The summed E-state index contributed by atoms with van der Waals surface area (Å²) in [6.07, 6.45) is 7.26. The van der Waals surface area contributed by atoms with Crippen LogP contribution >= 0.6 is 0 Å². The second-order valence-corrected chi connectivity index (χ2v) is 5.97. The van der Waals surface area contributed by atoms with Gasteiger partial charge in [-0.3, -0.25) is 4.79 Å². The largest absolute Gasteiger partial charge is 0.380 e. The van der Waals surface area contributed by atoms with Gasteiger partial charge in [-0.15, -0.1) is 6.42 Å². The number of rotatable bonds is 3. The van der Waals surface area contributed by atoms with Gasteiger partial charge in [0.25, 0.3) is 5.91 Å². The molecule has 0 radical (unpaired) electrons. The van der Waals surface area contributed by atoms with Crippen molar-refractivity contribution in [2.75, 3.05) is 18.4 Å². The molecule has 1 aliphatic rings. The number of hydrogen-bond acceptors (Lipinski definition) is 2. The van der Waals surface area contributed by atoms with Gasteiger partial charge in [0, 0.05) is 35.9 Å². The highest BCUT2D eigenvalue weighted by Crippen LogP contribution is 2.19. The predicted molar refractivity (Wildman–Crippen MR) is 93.3 cm³/mol. The lowest BCUT2D eigenvalue weighted by atomic mass is 10.0. The van der Waals surface area contributed by atoms with E-state index in [0.29, 0.717) is 17.7 Å². The molecule has 2 aromatic rings. The van der Waals surface area contributed by atoms with E-state index in [1.165, 1.54) is 12.1 Å². The Labute approximate surface area is 141 Å². The molecule has 1 atom stereocenters. The number of likely N-dealkylation sites (tertiary alicyclic amines) is 1. The Morgan fingerprint density at radius 2 is 2.08 bits per heavy atom. The lowest BCUT2D eigenvalue weighted by molar-refractivity contribution is 0.0715. The molecule has 3 rings (SSSR count). The summed E-state index contributed by atoms with van der Waals surface area (Å²) >= 11 is 0. The number of carbonyl (C=O) groups is 1. The summed E-state index contributed by atoms with van der Waals surface area (Å²) in [4.78, 5) is 14.5. The zero-order valence-electron chi connectivity index (χ0n) is 13.3. The van der Waals surface area contributed by atoms with E-state index < -0.39 is 0 Å². The van der Waals surface area contributed by atoms with E-state index in [1.54, 1.807) is 30.3 Å². The highest BCUT2D eigenvalue weighted by atomic mass is 19.1. The minimum absolute atomic E-state index is 0.0159. The van der Waals surface area contributed by atoms with Crippen LogP contribution in [0.15, 0.2) is 48.5 Å². The Morgan fingerprint density at radius 3 is 2.88 bits per heavy atom. The van der Waals surface area contributed by atoms with E-state index in [1.807, 2.05) is 11.0 Å². The zero-order chi connectivity index (χ0) is 16.9. The van der Waals surface area contributed by atoms with Gasteiger partial charge in [-0.1, -0.05) is 18.1 Å². The molecule has 1 heterocycles. The summed E-state index contributed by atoms with van der Waals surface area (Å²) in [5.74, 6) is 2.27. The third-order valence-corrected chi connectivity index (χ3v) is 4.18. The van der Waals surface area contributed by atoms with Gasteiger partial charge in [-0.05, 0) is 49.2 Å². The topological polar surface area (TPSA) is 32.3 Å². The Kier molecular flexibility index (Phi) is 4.81. The monoisotopic (exact) mass is 322 g/mol. The Bertz CT molecular complexity index is 781. The first-order valence-corrected chi connectivity index (χ1v) is 8.04. The average Bonchev–Trinajstić information content (AvgIpc) is 2.61. The second kappa shape index (κ2) is 7.18. The van der Waals surface area contributed by atoms with Gasteiger partial charge in [0.2, 0.25) is 0 Å². The molecule has 0 bridgehead atoms. The number of terminal acetylenes is 1. The highest BCUT2D eigenvalue weighted by molar-refractivity contribution is 5.94. The van der Waals surface area contributed by atoms with Crippen molar-refractivity contribution in [1.29, 1.82) is 0 Å². The van der Waals surface area contributed by atoms with Gasteiger partial charge < -0.3 is 10.2 Å². The van der Waals surface area contributed by atoms with Crippen LogP contribution in [0.4, 0.5) is 10.1 Å². The van der Waals surface area contributed by atoms with Crippen molar-refractivity contribution in [2.24, 2.45) is 0 Å². The van der Waals surface area contributed by atoms with Crippen LogP contribution in [-0.2, 0) is 0 Å². The van der Waals surface area contributed by atoms with Gasteiger partial charge in [-0.2, -0.15) is 0 Å². The molecule has 0 aliphatic carbocycles. The van der Waals surface area contributed by atoms with Crippen LogP contribution < -0.4 is 5.32 Å². The molecule has 0 saturated carbocycles. The summed E-state index contributed by atoms with van der Waals surface area (Å²) < 4.78 is 13.3. The number of amides is 1. The van der Waals surface area contributed by atoms with E-state index in [0.717, 1.165) is 25.1 Å². The first kappa shape index (κ1) is 16.1. The summed E-state index contributed by atoms with van der Waals surface area (Å²) in [6.45, 7) is 1.32. The van der Waals surface area contributed by atoms with Crippen molar-refractivity contribution in [3.05, 3.63) is 65.5 Å². The number of nitrogens with one attached hydrogen (secondary N) is 1. The number of anilines is 1. The molecule has 1 aliphatic heterocycles. The number of piperidine rings is 1. The number of carbonyl (C=O) groups excluding carboxylic acids is 1. The number of halogens is 1. The van der Waals surface area contributed by atoms with Crippen LogP contribution in [0.3, 0.4) is 0 Å². The Hall–Kier alpha value is -2.80. The summed E-state index contributed by atoms with van der Waals surface area (Å²) in [5.41, 5.74) is 2.05. The Balaban J connectivity index is 1.68. The molecule has 1 saturated heterocycles. The number of benzene rings is 2. The molecule has 3 nitrogen and oxygen atoms in total. The van der Waals surface area contributed by atoms with Crippen molar-refractivity contribution < 1.29 is 9.18 Å². The van der Waals surface area contributed by atoms with E-state index in [2.05, 4.69) is 11.2 Å². The normalized spacial score (nSPS) is 17.2. The maximum absolute atomic E-state index is 13.3. The molecule has 0 unspecified atom stereocenters. The SMILES string of the molecule is C#Cc1cccc(C(=O)N2CCC[C@H](Nc3cccc(F)c3)C2)c1. The van der Waals surface area contributed by atoms with Crippen LogP contribution in [0.25, 0.3) is 0 Å². The average molecular weight is 322 g/mol. The third-order valence-electron chi connectivity index (χ3n) is 4.18. The molecule has 0 spiro atoms. The van der Waals surface area contributed by atoms with Gasteiger partial charge >= 0.3 is 0 Å². The summed E-state index contributed by atoms with van der Waals surface area (Å²) in [6, 6.07) is 13.6. The molecule has 2 aromatic carbocycles. The van der Waals surface area contributed by atoms with Gasteiger partial charge in [0.15, 0.2) is 0 Å². The van der Waals surface area contributed by atoms with Crippen LogP contribution in [0, 0.1) is 18.2 Å². The van der Waals surface area contributed by atoms with Crippen molar-refractivity contribution >= 4 is 11.6 Å². The van der Waals surface area contributed by atoms with Gasteiger partial charge in [-0.25, -0.2) is 4.39 Å². The lowest BCUT2D eigenvalue weighted by Crippen LogP contribution is -2.45. The quantitative estimate of drug-likeness (QED) is 0.877. The number of hydrogen-bond donors (Lipinski definition) is 1. The molecule has 1 fully saturated rings. The van der Waals surface area contributed by atoms with E-state index in [-0.39, 0.29) is 17.8 Å². The summed E-state index contributed by atoms with van der Waals surface area (Å²) in [7, 11) is 0. The van der Waals surface area contributed by atoms with E-state index in [9.17, 15) is 9.18 Å².